The Morgan fingerprint density at radius 1 is 1.67 bits per heavy atom. The molecule has 0 bridgehead atoms. The number of aromatic nitrogens is 1. The smallest absolute Gasteiger partial charge is 0.447 e. The van der Waals surface area contributed by atoms with E-state index in [-0.39, 0.29) is 28.3 Å². The maximum absolute atomic E-state index is 12.0. The number of esters is 1. The summed E-state index contributed by atoms with van der Waals surface area (Å²) >= 11 is 0.405. The van der Waals surface area contributed by atoms with Crippen molar-refractivity contribution in [2.24, 2.45) is 0 Å². The van der Waals surface area contributed by atoms with Gasteiger partial charge < -0.3 is 4.74 Å². The molecule has 1 aromatic rings. The van der Waals surface area contributed by atoms with Gasteiger partial charge in [0.15, 0.2) is 5.69 Å². The number of thiazole rings is 1. The van der Waals surface area contributed by atoms with Crippen molar-refractivity contribution in [3.63, 3.8) is 0 Å². The highest BCUT2D eigenvalue weighted by Gasteiger charge is 2.33. The Balaban J connectivity index is 2.82. The second-order valence-corrected chi connectivity index (χ2v) is 4.45. The van der Waals surface area contributed by atoms with Crippen molar-refractivity contribution in [2.75, 3.05) is 6.61 Å². The van der Waals surface area contributed by atoms with Crippen molar-refractivity contribution >= 4 is 29.1 Å². The summed E-state index contributed by atoms with van der Waals surface area (Å²) in [5, 5.41) is 0. The number of carbonyl (C=O) groups excluding carboxylic acids is 1. The lowest BCUT2D eigenvalue weighted by Crippen LogP contribution is -2.07. The van der Waals surface area contributed by atoms with Gasteiger partial charge in [0.1, 0.15) is 4.21 Å². The van der Waals surface area contributed by atoms with Crippen LogP contribution in [-0.4, -0.2) is 23.1 Å². The Morgan fingerprint density at radius 3 is 2.87 bits per heavy atom. The van der Waals surface area contributed by atoms with Gasteiger partial charge >= 0.3 is 11.5 Å². The van der Waals surface area contributed by atoms with Crippen molar-refractivity contribution in [3.8, 4) is 0 Å². The van der Waals surface area contributed by atoms with Gasteiger partial charge in [-0.05, 0) is 18.7 Å². The van der Waals surface area contributed by atoms with E-state index in [4.69, 9.17) is 0 Å². The third-order valence-electron chi connectivity index (χ3n) is 1.21. The Labute approximate surface area is 91.6 Å². The van der Waals surface area contributed by atoms with Gasteiger partial charge in [0.2, 0.25) is 0 Å². The van der Waals surface area contributed by atoms with E-state index in [1.807, 2.05) is 0 Å². The van der Waals surface area contributed by atoms with Gasteiger partial charge in [-0.15, -0.1) is 11.3 Å². The van der Waals surface area contributed by atoms with Gasteiger partial charge in [0.05, 0.1) is 12.1 Å². The fraction of sp³-hybridized carbons (Fsp3) is 0.429. The molecule has 0 spiro atoms. The maximum Gasteiger partial charge on any atom is 0.447 e. The fourth-order valence-electron chi connectivity index (χ4n) is 0.748. The molecule has 1 rings (SSSR count). The molecule has 8 heteroatoms. The molecular weight excluding hydrogens is 251 g/mol. The van der Waals surface area contributed by atoms with Gasteiger partial charge in [0.25, 0.3) is 0 Å². The number of halogens is 3. The van der Waals surface area contributed by atoms with Crippen LogP contribution in [0.5, 0.6) is 0 Å². The minimum atomic E-state index is -4.42. The van der Waals surface area contributed by atoms with Crippen LogP contribution >= 0.6 is 23.1 Å². The molecule has 1 aromatic heterocycles. The van der Waals surface area contributed by atoms with Crippen molar-refractivity contribution in [3.05, 3.63) is 11.2 Å². The first-order chi connectivity index (χ1) is 6.94. The van der Waals surface area contributed by atoms with E-state index in [1.54, 1.807) is 6.92 Å². The Bertz CT molecular complexity index is 350. The number of thioether (sulfide) groups is 1. The van der Waals surface area contributed by atoms with E-state index < -0.39 is 11.5 Å². The van der Waals surface area contributed by atoms with Gasteiger partial charge in [0, 0.05) is 0 Å². The van der Waals surface area contributed by atoms with E-state index in [9.17, 15) is 18.0 Å². The zero-order valence-electron chi connectivity index (χ0n) is 7.50. The second-order valence-electron chi connectivity index (χ2n) is 2.26. The average molecular weight is 257 g/mol. The largest absolute Gasteiger partial charge is 0.461 e. The van der Waals surface area contributed by atoms with Crippen LogP contribution in [0.2, 0.25) is 0 Å². The Kier molecular flexibility index (Phi) is 3.97. The topological polar surface area (TPSA) is 39.2 Å². The number of hydrogen-bond acceptors (Lipinski definition) is 5. The van der Waals surface area contributed by atoms with Gasteiger partial charge in [-0.3, -0.25) is 0 Å². The maximum atomic E-state index is 12.0. The van der Waals surface area contributed by atoms with Crippen LogP contribution in [0.4, 0.5) is 13.2 Å². The van der Waals surface area contributed by atoms with Crippen molar-refractivity contribution in [1.82, 2.24) is 4.98 Å². The predicted octanol–water partition coefficient (Wildman–Crippen LogP) is 2.93. The lowest BCUT2D eigenvalue weighted by Gasteiger charge is -2.04. The van der Waals surface area contributed by atoms with E-state index in [1.165, 1.54) is 5.51 Å². The molecule has 0 aliphatic rings. The number of nitrogens with zero attached hydrogens (tertiary/aromatic N) is 1. The zero-order chi connectivity index (χ0) is 11.5. The molecule has 0 aliphatic carbocycles. The minimum absolute atomic E-state index is 0.104. The summed E-state index contributed by atoms with van der Waals surface area (Å²) in [6.07, 6.45) is 0. The van der Waals surface area contributed by atoms with E-state index in [0.29, 0.717) is 0 Å². The molecule has 0 N–H and O–H groups in total. The number of hydrogen-bond donors (Lipinski definition) is 0. The molecule has 0 radical (unpaired) electrons. The van der Waals surface area contributed by atoms with Crippen LogP contribution in [0.25, 0.3) is 0 Å². The van der Waals surface area contributed by atoms with Crippen LogP contribution in [0, 0.1) is 0 Å². The number of ether oxygens (including phenoxy) is 1. The average Bonchev–Trinajstić information content (AvgIpc) is 2.49. The highest BCUT2D eigenvalue weighted by atomic mass is 32.2. The lowest BCUT2D eigenvalue weighted by atomic mass is 10.5. The summed E-state index contributed by atoms with van der Waals surface area (Å²) in [7, 11) is 0. The summed E-state index contributed by atoms with van der Waals surface area (Å²) in [6.45, 7) is 1.67. The second kappa shape index (κ2) is 4.84. The van der Waals surface area contributed by atoms with Gasteiger partial charge in [-0.25, -0.2) is 9.78 Å². The number of alkyl halides is 3. The number of carbonyl (C=O) groups is 1. The third-order valence-corrected chi connectivity index (χ3v) is 2.98. The SMILES string of the molecule is CCOC(=O)c1ncsc1SC(F)(F)F. The van der Waals surface area contributed by atoms with Crippen molar-refractivity contribution < 1.29 is 22.7 Å². The van der Waals surface area contributed by atoms with E-state index >= 15 is 0 Å². The van der Waals surface area contributed by atoms with Crippen LogP contribution in [0.3, 0.4) is 0 Å². The zero-order valence-corrected chi connectivity index (χ0v) is 9.13. The van der Waals surface area contributed by atoms with Gasteiger partial charge in [-0.2, -0.15) is 13.2 Å². The first kappa shape index (κ1) is 12.3. The Hall–Kier alpha value is -0.760. The summed E-state index contributed by atoms with van der Waals surface area (Å²) in [6, 6.07) is 0. The van der Waals surface area contributed by atoms with Crippen LogP contribution < -0.4 is 0 Å². The summed E-state index contributed by atoms with van der Waals surface area (Å²) in [5.41, 5.74) is -3.52. The quantitative estimate of drug-likeness (QED) is 0.616. The van der Waals surface area contributed by atoms with Gasteiger partial charge in [-0.1, -0.05) is 0 Å². The molecule has 0 amide bonds. The van der Waals surface area contributed by atoms with Crippen LogP contribution in [-0.2, 0) is 4.74 Å². The molecule has 0 atom stereocenters. The molecule has 0 unspecified atom stereocenters. The molecule has 3 nitrogen and oxygen atoms in total. The lowest BCUT2D eigenvalue weighted by molar-refractivity contribution is -0.0327. The molecule has 1 heterocycles. The van der Waals surface area contributed by atoms with E-state index in [2.05, 4.69) is 9.72 Å². The first-order valence-electron chi connectivity index (χ1n) is 3.80. The van der Waals surface area contributed by atoms with Crippen LogP contribution in [0.15, 0.2) is 9.72 Å². The third kappa shape index (κ3) is 3.71. The predicted molar refractivity (Wildman–Crippen MR) is 50.0 cm³/mol. The normalized spacial score (nSPS) is 11.5. The summed E-state index contributed by atoms with van der Waals surface area (Å²) < 4.78 is 40.5. The molecule has 15 heavy (non-hydrogen) atoms. The molecule has 84 valence electrons. The highest BCUT2D eigenvalue weighted by Crippen LogP contribution is 2.40. The summed E-state index contributed by atoms with van der Waals surface area (Å²) in [4.78, 5) is 14.7. The Morgan fingerprint density at radius 2 is 2.33 bits per heavy atom. The molecule has 0 fully saturated rings. The minimum Gasteiger partial charge on any atom is -0.461 e. The molecule has 0 saturated carbocycles. The fourth-order valence-corrected chi connectivity index (χ4v) is 2.30. The molecule has 0 saturated heterocycles. The molecule has 0 aliphatic heterocycles. The molecular formula is C7H6F3NO2S2. The van der Waals surface area contributed by atoms with E-state index in [0.717, 1.165) is 11.3 Å². The molecule has 0 aromatic carbocycles. The highest BCUT2D eigenvalue weighted by molar-refractivity contribution is 8.02. The first-order valence-corrected chi connectivity index (χ1v) is 5.50. The van der Waals surface area contributed by atoms with Crippen molar-refractivity contribution in [1.29, 1.82) is 0 Å². The number of rotatable bonds is 3. The monoisotopic (exact) mass is 257 g/mol. The van der Waals surface area contributed by atoms with Crippen LogP contribution in [0.1, 0.15) is 17.4 Å². The summed E-state index contributed by atoms with van der Waals surface area (Å²) in [5.74, 6) is -0.828. The standard InChI is InChI=1S/C7H6F3NO2S2/c1-2-13-5(12)4-6(14-3-11-4)15-7(8,9)10/h3H,2H2,1H3. The van der Waals surface area contributed by atoms with Crippen molar-refractivity contribution in [2.45, 2.75) is 16.6 Å².